The van der Waals surface area contributed by atoms with Crippen LogP contribution < -0.4 is 10.9 Å². The Kier molecular flexibility index (Phi) is 3.82. The molecule has 0 aliphatic rings. The van der Waals surface area contributed by atoms with E-state index in [1.165, 1.54) is 18.6 Å². The minimum absolute atomic E-state index is 0.132. The minimum atomic E-state index is -0.518. The number of carbonyl (C=O) groups is 2. The molecule has 2 aromatic rings. The first-order valence-electron chi connectivity index (χ1n) is 5.61. The molecule has 2 rings (SSSR count). The summed E-state index contributed by atoms with van der Waals surface area (Å²) in [5.74, 6) is -0.898. The van der Waals surface area contributed by atoms with Crippen LogP contribution in [0, 0.1) is 6.92 Å². The Morgan fingerprint density at radius 3 is 2.47 bits per heavy atom. The molecule has 6 heteroatoms. The molecule has 0 saturated carbocycles. The van der Waals surface area contributed by atoms with E-state index in [4.69, 9.17) is 0 Å². The Labute approximate surface area is 109 Å². The normalized spacial score (nSPS) is 9.74. The van der Waals surface area contributed by atoms with Crippen molar-refractivity contribution in [2.24, 2.45) is 0 Å². The quantitative estimate of drug-likeness (QED) is 0.780. The van der Waals surface area contributed by atoms with Gasteiger partial charge in [-0.1, -0.05) is 18.2 Å². The standard InChI is InChI=1S/C13H12N4O2/c1-9-4-2-3-5-10(9)12(18)16-17-13(19)11-8-14-6-7-15-11/h2-8H,1H3,(H,16,18)(H,17,19). The fourth-order valence-corrected chi connectivity index (χ4v) is 1.49. The van der Waals surface area contributed by atoms with Gasteiger partial charge in [-0.2, -0.15) is 0 Å². The van der Waals surface area contributed by atoms with Gasteiger partial charge in [-0.05, 0) is 18.6 Å². The molecule has 0 spiro atoms. The predicted octanol–water partition coefficient (Wildman–Crippen LogP) is 0.860. The van der Waals surface area contributed by atoms with Gasteiger partial charge in [-0.25, -0.2) is 4.98 Å². The molecule has 0 fully saturated rings. The molecule has 1 heterocycles. The summed E-state index contributed by atoms with van der Waals surface area (Å²) >= 11 is 0. The Balaban J connectivity index is 1.98. The van der Waals surface area contributed by atoms with Crippen molar-refractivity contribution in [3.05, 3.63) is 59.7 Å². The third-order valence-electron chi connectivity index (χ3n) is 2.48. The van der Waals surface area contributed by atoms with Gasteiger partial charge < -0.3 is 0 Å². The number of hydrogen-bond donors (Lipinski definition) is 2. The zero-order valence-corrected chi connectivity index (χ0v) is 10.3. The van der Waals surface area contributed by atoms with Gasteiger partial charge in [0.05, 0.1) is 6.20 Å². The molecule has 0 saturated heterocycles. The van der Waals surface area contributed by atoms with Crippen LogP contribution in [0.15, 0.2) is 42.9 Å². The van der Waals surface area contributed by atoms with Crippen LogP contribution in [0.25, 0.3) is 0 Å². The van der Waals surface area contributed by atoms with Gasteiger partial charge in [0, 0.05) is 18.0 Å². The second-order valence-electron chi connectivity index (χ2n) is 3.81. The average Bonchev–Trinajstić information content (AvgIpc) is 2.46. The topological polar surface area (TPSA) is 84.0 Å². The number of amides is 2. The van der Waals surface area contributed by atoms with Gasteiger partial charge in [-0.15, -0.1) is 0 Å². The average molecular weight is 256 g/mol. The first-order chi connectivity index (χ1) is 9.18. The van der Waals surface area contributed by atoms with Crippen molar-refractivity contribution in [1.82, 2.24) is 20.8 Å². The van der Waals surface area contributed by atoms with Gasteiger partial charge in [0.25, 0.3) is 11.8 Å². The van der Waals surface area contributed by atoms with Gasteiger partial charge >= 0.3 is 0 Å². The van der Waals surface area contributed by atoms with E-state index < -0.39 is 5.91 Å². The summed E-state index contributed by atoms with van der Waals surface area (Å²) in [5, 5.41) is 0. The number of rotatable bonds is 2. The zero-order valence-electron chi connectivity index (χ0n) is 10.3. The van der Waals surface area contributed by atoms with Crippen molar-refractivity contribution < 1.29 is 9.59 Å². The molecule has 2 N–H and O–H groups in total. The van der Waals surface area contributed by atoms with Crippen molar-refractivity contribution in [2.45, 2.75) is 6.92 Å². The fourth-order valence-electron chi connectivity index (χ4n) is 1.49. The number of aromatic nitrogens is 2. The third-order valence-corrected chi connectivity index (χ3v) is 2.48. The van der Waals surface area contributed by atoms with Gasteiger partial charge in [0.2, 0.25) is 0 Å². The maximum Gasteiger partial charge on any atom is 0.289 e. The zero-order chi connectivity index (χ0) is 13.7. The molecular weight excluding hydrogens is 244 g/mol. The molecule has 2 amide bonds. The molecule has 19 heavy (non-hydrogen) atoms. The second kappa shape index (κ2) is 5.72. The lowest BCUT2D eigenvalue weighted by molar-refractivity contribution is 0.0843. The highest BCUT2D eigenvalue weighted by Crippen LogP contribution is 2.05. The van der Waals surface area contributed by atoms with Crippen molar-refractivity contribution in [3.8, 4) is 0 Å². The smallest absolute Gasteiger partial charge is 0.267 e. The van der Waals surface area contributed by atoms with Gasteiger partial charge in [0.15, 0.2) is 0 Å². The molecule has 6 nitrogen and oxygen atoms in total. The van der Waals surface area contributed by atoms with Crippen molar-refractivity contribution in [2.75, 3.05) is 0 Å². The monoisotopic (exact) mass is 256 g/mol. The van der Waals surface area contributed by atoms with Crippen LogP contribution in [0.4, 0.5) is 0 Å². The van der Waals surface area contributed by atoms with E-state index in [1.54, 1.807) is 12.1 Å². The Hall–Kier alpha value is -2.76. The molecule has 0 unspecified atom stereocenters. The molecule has 0 bridgehead atoms. The van der Waals surface area contributed by atoms with Crippen LogP contribution in [0.5, 0.6) is 0 Å². The number of benzene rings is 1. The summed E-state index contributed by atoms with van der Waals surface area (Å²) in [6, 6.07) is 7.09. The summed E-state index contributed by atoms with van der Waals surface area (Å²) < 4.78 is 0. The number of carbonyl (C=O) groups excluding carboxylic acids is 2. The summed E-state index contributed by atoms with van der Waals surface area (Å²) in [4.78, 5) is 31.1. The second-order valence-corrected chi connectivity index (χ2v) is 3.81. The van der Waals surface area contributed by atoms with Gasteiger partial charge in [0.1, 0.15) is 5.69 Å². The largest absolute Gasteiger partial charge is 0.289 e. The summed E-state index contributed by atoms with van der Waals surface area (Å²) in [7, 11) is 0. The number of hydrogen-bond acceptors (Lipinski definition) is 4. The lowest BCUT2D eigenvalue weighted by atomic mass is 10.1. The number of hydrazine groups is 1. The highest BCUT2D eigenvalue weighted by atomic mass is 16.2. The Morgan fingerprint density at radius 1 is 1.05 bits per heavy atom. The van der Waals surface area contributed by atoms with E-state index in [0.717, 1.165) is 5.56 Å². The van der Waals surface area contributed by atoms with Crippen LogP contribution in [-0.2, 0) is 0 Å². The molecule has 0 atom stereocenters. The Bertz CT molecular complexity index is 599. The van der Waals surface area contributed by atoms with Crippen LogP contribution in [-0.4, -0.2) is 21.8 Å². The van der Waals surface area contributed by atoms with Crippen molar-refractivity contribution >= 4 is 11.8 Å². The maximum atomic E-state index is 11.8. The SMILES string of the molecule is Cc1ccccc1C(=O)NNC(=O)c1cnccn1. The molecule has 0 aliphatic heterocycles. The number of aryl methyl sites for hydroxylation is 1. The van der Waals surface area contributed by atoms with E-state index in [-0.39, 0.29) is 11.6 Å². The number of nitrogens with zero attached hydrogens (tertiary/aromatic N) is 2. The number of nitrogens with one attached hydrogen (secondary N) is 2. The van der Waals surface area contributed by atoms with Crippen LogP contribution in [0.2, 0.25) is 0 Å². The summed E-state index contributed by atoms with van der Waals surface area (Å²) in [6.45, 7) is 1.82. The highest BCUT2D eigenvalue weighted by molar-refractivity contribution is 5.98. The molecule has 1 aromatic heterocycles. The van der Waals surface area contributed by atoms with E-state index >= 15 is 0 Å². The molecule has 96 valence electrons. The molecule has 0 radical (unpaired) electrons. The fraction of sp³-hybridized carbons (Fsp3) is 0.0769. The van der Waals surface area contributed by atoms with Crippen molar-refractivity contribution in [3.63, 3.8) is 0 Å². The van der Waals surface area contributed by atoms with Crippen LogP contribution in [0.1, 0.15) is 26.4 Å². The highest BCUT2D eigenvalue weighted by Gasteiger charge is 2.11. The van der Waals surface area contributed by atoms with Gasteiger partial charge in [-0.3, -0.25) is 25.4 Å². The lowest BCUT2D eigenvalue weighted by Gasteiger charge is -2.08. The Morgan fingerprint density at radius 2 is 1.79 bits per heavy atom. The first-order valence-corrected chi connectivity index (χ1v) is 5.61. The summed E-state index contributed by atoms with van der Waals surface area (Å²) in [6.07, 6.45) is 4.18. The van der Waals surface area contributed by atoms with Crippen LogP contribution >= 0.6 is 0 Å². The van der Waals surface area contributed by atoms with E-state index in [9.17, 15) is 9.59 Å². The molecule has 1 aromatic carbocycles. The maximum absolute atomic E-state index is 11.8. The first kappa shape index (κ1) is 12.7. The minimum Gasteiger partial charge on any atom is -0.267 e. The molecule has 0 aliphatic carbocycles. The van der Waals surface area contributed by atoms with Crippen molar-refractivity contribution in [1.29, 1.82) is 0 Å². The third kappa shape index (κ3) is 3.12. The predicted molar refractivity (Wildman–Crippen MR) is 68.1 cm³/mol. The van der Waals surface area contributed by atoms with E-state index in [2.05, 4.69) is 20.8 Å². The van der Waals surface area contributed by atoms with Crippen LogP contribution in [0.3, 0.4) is 0 Å². The summed E-state index contributed by atoms with van der Waals surface area (Å²) in [5.41, 5.74) is 6.08. The van der Waals surface area contributed by atoms with E-state index in [0.29, 0.717) is 5.56 Å². The lowest BCUT2D eigenvalue weighted by Crippen LogP contribution is -2.42. The van der Waals surface area contributed by atoms with E-state index in [1.807, 2.05) is 19.1 Å². The molecular formula is C13H12N4O2.